The summed E-state index contributed by atoms with van der Waals surface area (Å²) in [5.41, 5.74) is 1.19. The first-order valence-corrected chi connectivity index (χ1v) is 5.71. The van der Waals surface area contributed by atoms with Gasteiger partial charge in [-0.2, -0.15) is 0 Å². The second-order valence-corrected chi connectivity index (χ2v) is 4.04. The molecular weight excluding hydrogens is 247 g/mol. The smallest absolute Gasteiger partial charge is 0.180 e. The molecule has 1 aromatic carbocycles. The first-order valence-electron chi connectivity index (χ1n) is 5.71. The van der Waals surface area contributed by atoms with Gasteiger partial charge in [-0.1, -0.05) is 6.07 Å². The van der Waals surface area contributed by atoms with Gasteiger partial charge in [-0.25, -0.2) is 14.4 Å². The highest BCUT2D eigenvalue weighted by atomic mass is 19.1. The minimum absolute atomic E-state index is 0.0477. The number of aromatic hydroxyl groups is 1. The van der Waals surface area contributed by atoms with Gasteiger partial charge >= 0.3 is 0 Å². The first-order chi connectivity index (χ1) is 9.19. The monoisotopic (exact) mass is 258 g/mol. The summed E-state index contributed by atoms with van der Waals surface area (Å²) in [4.78, 5) is 11.4. The molecule has 0 amide bonds. The second kappa shape index (κ2) is 4.24. The maximum absolute atomic E-state index is 13.8. The molecule has 96 valence electrons. The molecule has 3 rings (SSSR count). The van der Waals surface area contributed by atoms with Crippen molar-refractivity contribution in [2.45, 2.75) is 0 Å². The zero-order chi connectivity index (χ0) is 13.4. The molecule has 0 spiro atoms. The number of aromatic amines is 1. The van der Waals surface area contributed by atoms with E-state index < -0.39 is 5.82 Å². The zero-order valence-electron chi connectivity index (χ0n) is 10.1. The van der Waals surface area contributed by atoms with Gasteiger partial charge in [-0.15, -0.1) is 0 Å². The third-order valence-corrected chi connectivity index (χ3v) is 2.83. The summed E-state index contributed by atoms with van der Waals surface area (Å²) >= 11 is 0. The maximum Gasteiger partial charge on any atom is 0.180 e. The van der Waals surface area contributed by atoms with Crippen LogP contribution in [0.2, 0.25) is 0 Å². The molecule has 3 N–H and O–H groups in total. The Morgan fingerprint density at radius 2 is 2.05 bits per heavy atom. The molecule has 0 atom stereocenters. The number of hydrogen-bond donors (Lipinski definition) is 3. The number of aromatic nitrogens is 3. The van der Waals surface area contributed by atoms with Crippen molar-refractivity contribution in [2.75, 3.05) is 12.4 Å². The number of phenolic OH excluding ortho intramolecular Hbond substituents is 1. The van der Waals surface area contributed by atoms with Gasteiger partial charge in [0.25, 0.3) is 0 Å². The van der Waals surface area contributed by atoms with Crippen molar-refractivity contribution in [2.24, 2.45) is 0 Å². The number of nitrogens with zero attached hydrogens (tertiary/aromatic N) is 2. The van der Waals surface area contributed by atoms with Crippen molar-refractivity contribution < 1.29 is 9.50 Å². The van der Waals surface area contributed by atoms with Crippen molar-refractivity contribution in [3.05, 3.63) is 36.1 Å². The van der Waals surface area contributed by atoms with Gasteiger partial charge in [-0.3, -0.25) is 0 Å². The molecule has 0 bridgehead atoms. The molecule has 0 aliphatic carbocycles. The third-order valence-electron chi connectivity index (χ3n) is 2.83. The van der Waals surface area contributed by atoms with Crippen LogP contribution in [0.15, 0.2) is 30.3 Å². The molecule has 0 aliphatic heterocycles. The number of fused-ring (bicyclic) bond motifs is 1. The average molecular weight is 258 g/mol. The first kappa shape index (κ1) is 11.5. The molecule has 6 heteroatoms. The summed E-state index contributed by atoms with van der Waals surface area (Å²) in [7, 11) is 1.75. The van der Waals surface area contributed by atoms with Crippen LogP contribution in [-0.4, -0.2) is 27.1 Å². The van der Waals surface area contributed by atoms with E-state index in [0.29, 0.717) is 17.0 Å². The fourth-order valence-electron chi connectivity index (χ4n) is 1.90. The van der Waals surface area contributed by atoms with Gasteiger partial charge in [-0.05, 0) is 24.3 Å². The highest BCUT2D eigenvalue weighted by Gasteiger charge is 2.15. The molecule has 3 aromatic rings. The second-order valence-electron chi connectivity index (χ2n) is 4.04. The van der Waals surface area contributed by atoms with Crippen LogP contribution in [0.1, 0.15) is 0 Å². The van der Waals surface area contributed by atoms with E-state index in [1.807, 2.05) is 0 Å². The number of rotatable bonds is 2. The predicted molar refractivity (Wildman–Crippen MR) is 70.5 cm³/mol. The number of imidazole rings is 1. The Morgan fingerprint density at radius 1 is 1.21 bits per heavy atom. The molecule has 2 aromatic heterocycles. The van der Waals surface area contributed by atoms with Gasteiger partial charge in [0.15, 0.2) is 5.65 Å². The number of pyridine rings is 1. The molecule has 0 fully saturated rings. The fraction of sp³-hybridized carbons (Fsp3) is 0.0769. The summed E-state index contributed by atoms with van der Waals surface area (Å²) < 4.78 is 13.8. The van der Waals surface area contributed by atoms with E-state index in [2.05, 4.69) is 20.3 Å². The van der Waals surface area contributed by atoms with Crippen LogP contribution in [-0.2, 0) is 0 Å². The van der Waals surface area contributed by atoms with Gasteiger partial charge in [0.2, 0.25) is 0 Å². The normalized spacial score (nSPS) is 10.8. The van der Waals surface area contributed by atoms with Gasteiger partial charge in [0.1, 0.15) is 23.2 Å². The van der Waals surface area contributed by atoms with Crippen LogP contribution < -0.4 is 5.32 Å². The van der Waals surface area contributed by atoms with Crippen LogP contribution in [0.5, 0.6) is 5.75 Å². The van der Waals surface area contributed by atoms with E-state index >= 15 is 0 Å². The van der Waals surface area contributed by atoms with E-state index in [1.54, 1.807) is 19.2 Å². The Kier molecular flexibility index (Phi) is 2.56. The molecule has 5 nitrogen and oxygen atoms in total. The molecule has 2 heterocycles. The van der Waals surface area contributed by atoms with E-state index in [0.717, 1.165) is 0 Å². The number of anilines is 1. The molecule has 0 radical (unpaired) electrons. The maximum atomic E-state index is 13.8. The van der Waals surface area contributed by atoms with Crippen molar-refractivity contribution in [3.63, 3.8) is 0 Å². The number of nitrogens with one attached hydrogen (secondary N) is 2. The Hall–Kier alpha value is -2.63. The van der Waals surface area contributed by atoms with Crippen LogP contribution >= 0.6 is 0 Å². The largest absolute Gasteiger partial charge is 0.507 e. The van der Waals surface area contributed by atoms with Gasteiger partial charge < -0.3 is 15.4 Å². The van der Waals surface area contributed by atoms with Crippen molar-refractivity contribution in [3.8, 4) is 17.1 Å². The Balaban J connectivity index is 2.21. The summed E-state index contributed by atoms with van der Waals surface area (Å²) in [6, 6.07) is 7.70. The lowest BCUT2D eigenvalue weighted by atomic mass is 10.2. The summed E-state index contributed by atoms with van der Waals surface area (Å²) in [5.74, 6) is 0.232. The minimum atomic E-state index is -0.534. The number of benzene rings is 1. The third kappa shape index (κ3) is 1.87. The lowest BCUT2D eigenvalue weighted by molar-refractivity contribution is 0.471. The highest BCUT2D eigenvalue weighted by molar-refractivity contribution is 5.79. The molecule has 0 unspecified atom stereocenters. The molecule has 0 aliphatic rings. The minimum Gasteiger partial charge on any atom is -0.507 e. The quantitative estimate of drug-likeness (QED) is 0.660. The van der Waals surface area contributed by atoms with Crippen molar-refractivity contribution in [1.82, 2.24) is 15.0 Å². The van der Waals surface area contributed by atoms with Gasteiger partial charge in [0.05, 0.1) is 11.1 Å². The van der Waals surface area contributed by atoms with Crippen molar-refractivity contribution >= 4 is 17.0 Å². The van der Waals surface area contributed by atoms with Crippen LogP contribution in [0, 0.1) is 5.82 Å². The molecule has 19 heavy (non-hydrogen) atoms. The van der Waals surface area contributed by atoms with Crippen LogP contribution in [0.25, 0.3) is 22.6 Å². The van der Waals surface area contributed by atoms with E-state index in [4.69, 9.17) is 0 Å². The molecular formula is C13H11FN4O. The SMILES string of the molecule is CNc1ccc2[nH]c(-c3c(O)cccc3F)nc2n1. The lowest BCUT2D eigenvalue weighted by Crippen LogP contribution is -1.91. The standard InChI is InChI=1S/C13H11FN4O/c1-15-10-6-5-8-12(17-10)18-13(16-8)11-7(14)3-2-4-9(11)19/h2-6,19H,1H3,(H2,15,16,17,18). The van der Waals surface area contributed by atoms with Gasteiger partial charge in [0, 0.05) is 7.05 Å². The lowest BCUT2D eigenvalue weighted by Gasteiger charge is -2.01. The number of H-pyrrole nitrogens is 1. The van der Waals surface area contributed by atoms with E-state index in [9.17, 15) is 9.50 Å². The number of hydrogen-bond acceptors (Lipinski definition) is 4. The number of halogens is 1. The topological polar surface area (TPSA) is 73.8 Å². The highest BCUT2D eigenvalue weighted by Crippen LogP contribution is 2.30. The van der Waals surface area contributed by atoms with Crippen LogP contribution in [0.3, 0.4) is 0 Å². The Morgan fingerprint density at radius 3 is 2.79 bits per heavy atom. The Bertz CT molecular complexity index is 733. The zero-order valence-corrected chi connectivity index (χ0v) is 10.1. The number of phenols is 1. The summed E-state index contributed by atoms with van der Waals surface area (Å²) in [6.45, 7) is 0. The average Bonchev–Trinajstić information content (AvgIpc) is 2.80. The summed E-state index contributed by atoms with van der Waals surface area (Å²) in [5, 5.41) is 12.6. The summed E-state index contributed by atoms with van der Waals surface area (Å²) in [6.07, 6.45) is 0. The fourth-order valence-corrected chi connectivity index (χ4v) is 1.90. The molecule has 0 saturated heterocycles. The van der Waals surface area contributed by atoms with E-state index in [1.165, 1.54) is 18.2 Å². The van der Waals surface area contributed by atoms with Crippen molar-refractivity contribution in [1.29, 1.82) is 0 Å². The Labute approximate surface area is 108 Å². The van der Waals surface area contributed by atoms with E-state index in [-0.39, 0.29) is 17.1 Å². The predicted octanol–water partition coefficient (Wildman–Crippen LogP) is 2.51. The molecule has 0 saturated carbocycles. The van der Waals surface area contributed by atoms with Crippen LogP contribution in [0.4, 0.5) is 10.2 Å².